The molecule has 0 saturated heterocycles. The van der Waals surface area contributed by atoms with Crippen molar-refractivity contribution in [3.8, 4) is 0 Å². The van der Waals surface area contributed by atoms with Crippen molar-refractivity contribution in [2.75, 3.05) is 20.1 Å². The van der Waals surface area contributed by atoms with Crippen LogP contribution in [0.3, 0.4) is 0 Å². The Labute approximate surface area is 154 Å². The Kier molecular flexibility index (Phi) is 4.65. The molecule has 2 aromatic carbocycles. The summed E-state index contributed by atoms with van der Waals surface area (Å²) in [5.41, 5.74) is 4.26. The lowest BCUT2D eigenvalue weighted by atomic mass is 9.96. The Balaban J connectivity index is 1.30. The van der Waals surface area contributed by atoms with Crippen LogP contribution in [0.15, 0.2) is 65.8 Å². The van der Waals surface area contributed by atoms with Crippen molar-refractivity contribution < 1.29 is 0 Å². The topological polar surface area (TPSA) is 52.2 Å². The molecule has 4 rings (SSSR count). The number of fused-ring (bicyclic) bond motifs is 1. The molecular weight excluding hydrogens is 320 g/mol. The number of aromatic nitrogens is 1. The number of nitrogens with one attached hydrogen (secondary N) is 3. The van der Waals surface area contributed by atoms with E-state index in [9.17, 15) is 0 Å². The third-order valence-electron chi connectivity index (χ3n) is 5.42. The first-order valence-electron chi connectivity index (χ1n) is 9.36. The lowest BCUT2D eigenvalue weighted by molar-refractivity contribution is 0.645. The quantitative estimate of drug-likeness (QED) is 0.472. The highest BCUT2D eigenvalue weighted by Crippen LogP contribution is 2.47. The maximum absolute atomic E-state index is 4.38. The smallest absolute Gasteiger partial charge is 0.191 e. The van der Waals surface area contributed by atoms with Gasteiger partial charge in [-0.05, 0) is 36.5 Å². The lowest BCUT2D eigenvalue weighted by Gasteiger charge is -2.19. The molecule has 26 heavy (non-hydrogen) atoms. The van der Waals surface area contributed by atoms with Crippen LogP contribution < -0.4 is 10.6 Å². The largest absolute Gasteiger partial charge is 0.361 e. The average molecular weight is 346 g/mol. The first-order valence-corrected chi connectivity index (χ1v) is 9.36. The molecule has 0 unspecified atom stereocenters. The summed E-state index contributed by atoms with van der Waals surface area (Å²) in [6.07, 6.45) is 5.57. The van der Waals surface area contributed by atoms with Crippen molar-refractivity contribution in [3.05, 3.63) is 71.9 Å². The van der Waals surface area contributed by atoms with Crippen LogP contribution in [0.5, 0.6) is 0 Å². The van der Waals surface area contributed by atoms with Gasteiger partial charge in [0.2, 0.25) is 0 Å². The SMILES string of the molecule is CN=C(NCCc1c[nH]c2ccccc12)NCC1(c2ccccc2)CC1. The van der Waals surface area contributed by atoms with Crippen molar-refractivity contribution in [1.29, 1.82) is 0 Å². The minimum atomic E-state index is 0.287. The number of aromatic amines is 1. The first kappa shape index (κ1) is 16.7. The van der Waals surface area contributed by atoms with Gasteiger partial charge in [0.15, 0.2) is 5.96 Å². The molecule has 1 aliphatic carbocycles. The van der Waals surface area contributed by atoms with Crippen molar-refractivity contribution in [3.63, 3.8) is 0 Å². The maximum Gasteiger partial charge on any atom is 0.191 e. The Bertz CT molecular complexity index is 891. The van der Waals surface area contributed by atoms with Gasteiger partial charge in [-0.25, -0.2) is 0 Å². The van der Waals surface area contributed by atoms with Gasteiger partial charge in [-0.15, -0.1) is 0 Å². The molecule has 4 heteroatoms. The van der Waals surface area contributed by atoms with Crippen LogP contribution in [-0.2, 0) is 11.8 Å². The minimum absolute atomic E-state index is 0.287. The summed E-state index contributed by atoms with van der Waals surface area (Å²) in [6.45, 7) is 1.80. The fourth-order valence-corrected chi connectivity index (χ4v) is 3.64. The third kappa shape index (κ3) is 3.45. The molecule has 134 valence electrons. The minimum Gasteiger partial charge on any atom is -0.361 e. The van der Waals surface area contributed by atoms with E-state index in [2.05, 4.69) is 81.4 Å². The number of rotatable bonds is 6. The highest BCUT2D eigenvalue weighted by Gasteiger charge is 2.43. The number of benzene rings is 2. The lowest BCUT2D eigenvalue weighted by Crippen LogP contribution is -2.41. The zero-order valence-electron chi connectivity index (χ0n) is 15.3. The summed E-state index contributed by atoms with van der Waals surface area (Å²) < 4.78 is 0. The van der Waals surface area contributed by atoms with E-state index >= 15 is 0 Å². The number of para-hydroxylation sites is 1. The molecule has 3 aromatic rings. The molecule has 0 atom stereocenters. The zero-order chi connectivity index (χ0) is 17.8. The molecule has 1 fully saturated rings. The standard InChI is InChI=1S/C22H26N4/c1-23-21(26-16-22(12-13-22)18-7-3-2-4-8-18)24-14-11-17-15-25-20-10-6-5-9-19(17)20/h2-10,15,25H,11-14,16H2,1H3,(H2,23,24,26). The van der Waals surface area contributed by atoms with Crippen LogP contribution in [0.2, 0.25) is 0 Å². The first-order chi connectivity index (χ1) is 12.8. The summed E-state index contributed by atoms with van der Waals surface area (Å²) in [4.78, 5) is 7.72. The number of H-pyrrole nitrogens is 1. The third-order valence-corrected chi connectivity index (χ3v) is 5.42. The number of hydrogen-bond acceptors (Lipinski definition) is 1. The van der Waals surface area contributed by atoms with E-state index in [-0.39, 0.29) is 5.41 Å². The number of guanidine groups is 1. The number of hydrogen-bond donors (Lipinski definition) is 3. The van der Waals surface area contributed by atoms with Crippen molar-refractivity contribution in [2.45, 2.75) is 24.7 Å². The Morgan fingerprint density at radius 2 is 1.81 bits per heavy atom. The zero-order valence-corrected chi connectivity index (χ0v) is 15.3. The van der Waals surface area contributed by atoms with E-state index in [1.54, 1.807) is 0 Å². The predicted molar refractivity (Wildman–Crippen MR) is 109 cm³/mol. The van der Waals surface area contributed by atoms with E-state index in [4.69, 9.17) is 0 Å². The van der Waals surface area contributed by atoms with Crippen LogP contribution in [0, 0.1) is 0 Å². The second-order valence-corrected chi connectivity index (χ2v) is 7.11. The van der Waals surface area contributed by atoms with Crippen LogP contribution in [0.4, 0.5) is 0 Å². The Morgan fingerprint density at radius 1 is 1.04 bits per heavy atom. The molecule has 1 heterocycles. The van der Waals surface area contributed by atoms with Crippen molar-refractivity contribution in [1.82, 2.24) is 15.6 Å². The molecule has 0 spiro atoms. The van der Waals surface area contributed by atoms with E-state index in [1.165, 1.54) is 34.9 Å². The molecule has 0 aliphatic heterocycles. The van der Waals surface area contributed by atoms with Gasteiger partial charge in [0.05, 0.1) is 0 Å². The summed E-state index contributed by atoms with van der Waals surface area (Å²) in [7, 11) is 1.84. The van der Waals surface area contributed by atoms with Gasteiger partial charge in [0, 0.05) is 42.7 Å². The molecule has 1 aliphatic rings. The van der Waals surface area contributed by atoms with Gasteiger partial charge in [0.25, 0.3) is 0 Å². The molecule has 1 saturated carbocycles. The Hall–Kier alpha value is -2.75. The number of aliphatic imine (C=N–C) groups is 1. The van der Waals surface area contributed by atoms with Gasteiger partial charge in [-0.3, -0.25) is 4.99 Å². The molecule has 1 aromatic heterocycles. The second-order valence-electron chi connectivity index (χ2n) is 7.11. The van der Waals surface area contributed by atoms with Gasteiger partial charge in [-0.1, -0.05) is 48.5 Å². The Morgan fingerprint density at radius 3 is 2.58 bits per heavy atom. The monoisotopic (exact) mass is 346 g/mol. The van der Waals surface area contributed by atoms with E-state index < -0.39 is 0 Å². The predicted octanol–water partition coefficient (Wildman–Crippen LogP) is 3.61. The fraction of sp³-hybridized carbons (Fsp3) is 0.318. The molecule has 0 amide bonds. The molecule has 4 nitrogen and oxygen atoms in total. The van der Waals surface area contributed by atoms with Gasteiger partial charge >= 0.3 is 0 Å². The summed E-state index contributed by atoms with van der Waals surface area (Å²) in [6, 6.07) is 19.3. The van der Waals surface area contributed by atoms with Crippen LogP contribution in [0.1, 0.15) is 24.0 Å². The molecule has 3 N–H and O–H groups in total. The van der Waals surface area contributed by atoms with E-state index in [0.717, 1.165) is 25.5 Å². The number of nitrogens with zero attached hydrogens (tertiary/aromatic N) is 1. The average Bonchev–Trinajstić information content (AvgIpc) is 3.39. The van der Waals surface area contributed by atoms with E-state index in [1.807, 2.05) is 7.05 Å². The fourth-order valence-electron chi connectivity index (χ4n) is 3.64. The highest BCUT2D eigenvalue weighted by atomic mass is 15.2. The molecular formula is C22H26N4. The van der Waals surface area contributed by atoms with Crippen LogP contribution in [0.25, 0.3) is 10.9 Å². The van der Waals surface area contributed by atoms with Gasteiger partial charge in [0.1, 0.15) is 0 Å². The molecule has 0 bridgehead atoms. The van der Waals surface area contributed by atoms with Gasteiger partial charge in [-0.2, -0.15) is 0 Å². The van der Waals surface area contributed by atoms with Crippen molar-refractivity contribution in [2.24, 2.45) is 4.99 Å². The summed E-state index contributed by atoms with van der Waals surface area (Å²) in [5, 5.41) is 8.27. The van der Waals surface area contributed by atoms with Crippen LogP contribution in [-0.4, -0.2) is 31.1 Å². The highest BCUT2D eigenvalue weighted by molar-refractivity contribution is 5.83. The summed E-state index contributed by atoms with van der Waals surface area (Å²) in [5.74, 6) is 0.882. The van der Waals surface area contributed by atoms with Gasteiger partial charge < -0.3 is 15.6 Å². The van der Waals surface area contributed by atoms with Crippen LogP contribution >= 0.6 is 0 Å². The maximum atomic E-state index is 4.38. The second kappa shape index (κ2) is 7.24. The van der Waals surface area contributed by atoms with Crippen molar-refractivity contribution >= 4 is 16.9 Å². The normalized spacial score (nSPS) is 15.8. The molecule has 0 radical (unpaired) electrons. The summed E-state index contributed by atoms with van der Waals surface area (Å²) >= 11 is 0. The van der Waals surface area contributed by atoms with E-state index in [0.29, 0.717) is 0 Å².